The zero-order chi connectivity index (χ0) is 23.0. The van der Waals surface area contributed by atoms with Crippen LogP contribution < -0.4 is 5.32 Å². The molecule has 0 radical (unpaired) electrons. The Hall–Kier alpha value is -3.12. The number of phenolic OH excluding ortho intramolecular Hbond substituents is 1. The minimum Gasteiger partial charge on any atom is -0.508 e. The molecule has 2 aromatic carbocycles. The fourth-order valence-corrected chi connectivity index (χ4v) is 5.12. The maximum absolute atomic E-state index is 13.7. The number of hydrogen-bond donors (Lipinski definition) is 2. The SMILES string of the molecule is O=C(NC1CCCCC1)[C@H](c1ccc(O)cc1)N(Cc1ccccc1)C(=O)Cc1cccs1. The lowest BCUT2D eigenvalue weighted by Gasteiger charge is -2.33. The van der Waals surface area contributed by atoms with E-state index < -0.39 is 6.04 Å². The number of nitrogens with one attached hydrogen (secondary N) is 1. The highest BCUT2D eigenvalue weighted by Gasteiger charge is 2.33. The van der Waals surface area contributed by atoms with Crippen LogP contribution in [-0.4, -0.2) is 27.9 Å². The van der Waals surface area contributed by atoms with E-state index in [1.807, 2.05) is 47.8 Å². The molecule has 1 fully saturated rings. The Kier molecular flexibility index (Phi) is 7.79. The number of thiophene rings is 1. The smallest absolute Gasteiger partial charge is 0.247 e. The first-order valence-corrected chi connectivity index (χ1v) is 12.4. The molecule has 172 valence electrons. The highest BCUT2D eigenvalue weighted by molar-refractivity contribution is 7.10. The number of carbonyl (C=O) groups is 2. The van der Waals surface area contributed by atoms with Crippen LogP contribution in [0.2, 0.25) is 0 Å². The second kappa shape index (κ2) is 11.1. The van der Waals surface area contributed by atoms with Crippen LogP contribution in [0.25, 0.3) is 0 Å². The maximum atomic E-state index is 13.7. The van der Waals surface area contributed by atoms with Crippen molar-refractivity contribution in [3.05, 3.63) is 88.1 Å². The predicted molar refractivity (Wildman–Crippen MR) is 131 cm³/mol. The zero-order valence-electron chi connectivity index (χ0n) is 18.7. The van der Waals surface area contributed by atoms with Crippen molar-refractivity contribution in [2.24, 2.45) is 0 Å². The minimum absolute atomic E-state index is 0.0989. The Morgan fingerprint density at radius 2 is 1.70 bits per heavy atom. The van der Waals surface area contributed by atoms with Gasteiger partial charge < -0.3 is 15.3 Å². The number of hydrogen-bond acceptors (Lipinski definition) is 4. The number of benzene rings is 2. The van der Waals surface area contributed by atoms with E-state index in [0.717, 1.165) is 36.1 Å². The Morgan fingerprint density at radius 1 is 0.970 bits per heavy atom. The first-order chi connectivity index (χ1) is 16.1. The summed E-state index contributed by atoms with van der Waals surface area (Å²) in [5, 5.41) is 15.0. The van der Waals surface area contributed by atoms with Gasteiger partial charge in [-0.1, -0.05) is 67.8 Å². The van der Waals surface area contributed by atoms with Gasteiger partial charge >= 0.3 is 0 Å². The van der Waals surface area contributed by atoms with Gasteiger partial charge in [-0.25, -0.2) is 0 Å². The number of rotatable bonds is 8. The van der Waals surface area contributed by atoms with Gasteiger partial charge in [-0.05, 0) is 47.5 Å². The summed E-state index contributed by atoms with van der Waals surface area (Å²) < 4.78 is 0. The summed E-state index contributed by atoms with van der Waals surface area (Å²) >= 11 is 1.54. The molecule has 0 saturated heterocycles. The zero-order valence-corrected chi connectivity index (χ0v) is 19.5. The van der Waals surface area contributed by atoms with Crippen LogP contribution in [0, 0.1) is 0 Å². The van der Waals surface area contributed by atoms with Gasteiger partial charge in [-0.3, -0.25) is 9.59 Å². The van der Waals surface area contributed by atoms with Crippen molar-refractivity contribution in [3.63, 3.8) is 0 Å². The molecule has 2 N–H and O–H groups in total. The van der Waals surface area contributed by atoms with Gasteiger partial charge in [-0.15, -0.1) is 11.3 Å². The summed E-state index contributed by atoms with van der Waals surface area (Å²) in [6, 6.07) is 19.6. The fraction of sp³-hybridized carbons (Fsp3) is 0.333. The molecule has 2 amide bonds. The van der Waals surface area contributed by atoms with Crippen molar-refractivity contribution in [2.45, 2.75) is 57.2 Å². The number of carbonyl (C=O) groups excluding carboxylic acids is 2. The van der Waals surface area contributed by atoms with Crippen molar-refractivity contribution in [1.29, 1.82) is 0 Å². The first kappa shape index (κ1) is 23.1. The lowest BCUT2D eigenvalue weighted by atomic mass is 9.94. The number of aromatic hydroxyl groups is 1. The molecular weight excluding hydrogens is 432 g/mol. The second-order valence-corrected chi connectivity index (χ2v) is 9.63. The highest BCUT2D eigenvalue weighted by atomic mass is 32.1. The molecule has 1 aliphatic rings. The standard InChI is InChI=1S/C27H30N2O3S/c30-23-15-13-21(14-16-23)26(27(32)28-22-10-5-2-6-11-22)29(19-20-8-3-1-4-9-20)25(31)18-24-12-7-17-33-24/h1,3-4,7-9,12-17,22,26,30H,2,5-6,10-11,18-19H2,(H,28,32)/t26-/m0/s1. The maximum Gasteiger partial charge on any atom is 0.247 e. The molecule has 3 aromatic rings. The van der Waals surface area contributed by atoms with Crippen molar-refractivity contribution in [3.8, 4) is 5.75 Å². The summed E-state index contributed by atoms with van der Waals surface area (Å²) in [4.78, 5) is 29.9. The Balaban J connectivity index is 1.67. The molecule has 0 spiro atoms. The van der Waals surface area contributed by atoms with E-state index in [1.165, 1.54) is 6.42 Å². The lowest BCUT2D eigenvalue weighted by Crippen LogP contribution is -2.47. The summed E-state index contributed by atoms with van der Waals surface area (Å²) in [5.41, 5.74) is 1.66. The van der Waals surface area contributed by atoms with Gasteiger partial charge in [0.1, 0.15) is 11.8 Å². The van der Waals surface area contributed by atoms with Gasteiger partial charge in [0.15, 0.2) is 0 Å². The van der Waals surface area contributed by atoms with E-state index in [0.29, 0.717) is 12.1 Å². The molecule has 1 heterocycles. The van der Waals surface area contributed by atoms with Gasteiger partial charge in [0.2, 0.25) is 11.8 Å². The van der Waals surface area contributed by atoms with Crippen LogP contribution in [-0.2, 0) is 22.6 Å². The lowest BCUT2D eigenvalue weighted by molar-refractivity contribution is -0.141. The van der Waals surface area contributed by atoms with Crippen LogP contribution in [0.15, 0.2) is 72.1 Å². The largest absolute Gasteiger partial charge is 0.508 e. The van der Waals surface area contributed by atoms with E-state index in [1.54, 1.807) is 40.5 Å². The van der Waals surface area contributed by atoms with Gasteiger partial charge in [0.25, 0.3) is 0 Å². The molecule has 0 bridgehead atoms. The minimum atomic E-state index is -0.778. The van der Waals surface area contributed by atoms with Crippen molar-refractivity contribution >= 4 is 23.2 Å². The average Bonchev–Trinajstić information content (AvgIpc) is 3.34. The van der Waals surface area contributed by atoms with E-state index in [9.17, 15) is 14.7 Å². The number of phenols is 1. The van der Waals surface area contributed by atoms with Crippen molar-refractivity contribution in [1.82, 2.24) is 10.2 Å². The quantitative estimate of drug-likeness (QED) is 0.482. The molecule has 1 atom stereocenters. The second-order valence-electron chi connectivity index (χ2n) is 8.60. The van der Waals surface area contributed by atoms with E-state index in [2.05, 4.69) is 5.32 Å². The van der Waals surface area contributed by atoms with E-state index in [4.69, 9.17) is 0 Å². The normalized spacial score (nSPS) is 15.0. The molecule has 1 aliphatic carbocycles. The van der Waals surface area contributed by atoms with Crippen LogP contribution in [0.1, 0.15) is 54.1 Å². The average molecular weight is 463 g/mol. The summed E-state index contributed by atoms with van der Waals surface area (Å²) in [5.74, 6) is -0.133. The Morgan fingerprint density at radius 3 is 2.36 bits per heavy atom. The molecule has 5 nitrogen and oxygen atoms in total. The topological polar surface area (TPSA) is 69.6 Å². The third-order valence-electron chi connectivity index (χ3n) is 6.14. The Labute approximate surface area is 199 Å². The van der Waals surface area contributed by atoms with E-state index >= 15 is 0 Å². The number of nitrogens with zero attached hydrogens (tertiary/aromatic N) is 1. The van der Waals surface area contributed by atoms with Gasteiger partial charge in [0, 0.05) is 17.5 Å². The monoisotopic (exact) mass is 462 g/mol. The first-order valence-electron chi connectivity index (χ1n) is 11.6. The molecule has 1 aromatic heterocycles. The Bertz CT molecular complexity index is 1030. The molecule has 33 heavy (non-hydrogen) atoms. The van der Waals surface area contributed by atoms with Crippen LogP contribution in [0.3, 0.4) is 0 Å². The van der Waals surface area contributed by atoms with E-state index in [-0.39, 0.29) is 30.0 Å². The highest BCUT2D eigenvalue weighted by Crippen LogP contribution is 2.28. The van der Waals surface area contributed by atoms with Gasteiger partial charge in [-0.2, -0.15) is 0 Å². The molecule has 0 unspecified atom stereocenters. The molecule has 6 heteroatoms. The van der Waals surface area contributed by atoms with Crippen LogP contribution in [0.5, 0.6) is 5.75 Å². The summed E-state index contributed by atoms with van der Waals surface area (Å²) in [7, 11) is 0. The van der Waals surface area contributed by atoms with Crippen molar-refractivity contribution < 1.29 is 14.7 Å². The third kappa shape index (κ3) is 6.23. The fourth-order valence-electron chi connectivity index (χ4n) is 4.42. The third-order valence-corrected chi connectivity index (χ3v) is 7.02. The molecular formula is C27H30N2O3S. The summed E-state index contributed by atoms with van der Waals surface area (Å²) in [6.07, 6.45) is 5.61. The summed E-state index contributed by atoms with van der Waals surface area (Å²) in [6.45, 7) is 0.328. The van der Waals surface area contributed by atoms with Crippen LogP contribution >= 0.6 is 11.3 Å². The predicted octanol–water partition coefficient (Wildman–Crippen LogP) is 5.22. The molecule has 0 aliphatic heterocycles. The van der Waals surface area contributed by atoms with Gasteiger partial charge in [0.05, 0.1) is 6.42 Å². The number of amides is 2. The van der Waals surface area contributed by atoms with Crippen molar-refractivity contribution in [2.75, 3.05) is 0 Å². The van der Waals surface area contributed by atoms with Crippen LogP contribution in [0.4, 0.5) is 0 Å². The molecule has 4 rings (SSSR count). The molecule has 1 saturated carbocycles.